The lowest BCUT2D eigenvalue weighted by molar-refractivity contribution is -0.387. The van der Waals surface area contributed by atoms with Crippen molar-refractivity contribution in [2.75, 3.05) is 0 Å². The third kappa shape index (κ3) is 4.72. The molecule has 0 spiro atoms. The standard InChI is InChI=1S/C16H13F2N3O5/c1-9(26-12-5-3-11(17)4-6-12)15(22)19-20-16(23)10-2-7-13(18)14(8-10)21(24)25/h2-9H,1H3,(H,19,22)(H,20,23)/t9-/m0/s1. The lowest BCUT2D eigenvalue weighted by Gasteiger charge is -2.15. The van der Waals surface area contributed by atoms with E-state index in [1.54, 1.807) is 0 Å². The van der Waals surface area contributed by atoms with E-state index in [4.69, 9.17) is 4.74 Å². The smallest absolute Gasteiger partial charge is 0.305 e. The molecule has 2 N–H and O–H groups in total. The van der Waals surface area contributed by atoms with E-state index in [1.165, 1.54) is 19.1 Å². The van der Waals surface area contributed by atoms with Crippen LogP contribution < -0.4 is 15.6 Å². The van der Waals surface area contributed by atoms with Crippen LogP contribution >= 0.6 is 0 Å². The summed E-state index contributed by atoms with van der Waals surface area (Å²) in [6, 6.07) is 7.52. The minimum atomic E-state index is -1.09. The number of nitrogens with zero attached hydrogens (tertiary/aromatic N) is 1. The van der Waals surface area contributed by atoms with Crippen molar-refractivity contribution in [2.24, 2.45) is 0 Å². The summed E-state index contributed by atoms with van der Waals surface area (Å²) >= 11 is 0. The molecule has 8 nitrogen and oxygen atoms in total. The van der Waals surface area contributed by atoms with Gasteiger partial charge in [0.2, 0.25) is 5.82 Å². The van der Waals surface area contributed by atoms with Crippen molar-refractivity contribution in [3.63, 3.8) is 0 Å². The molecule has 0 aliphatic rings. The average Bonchev–Trinajstić information content (AvgIpc) is 2.61. The highest BCUT2D eigenvalue weighted by Gasteiger charge is 2.19. The van der Waals surface area contributed by atoms with Crippen molar-refractivity contribution in [3.05, 3.63) is 69.8 Å². The first-order chi connectivity index (χ1) is 12.3. The van der Waals surface area contributed by atoms with Gasteiger partial charge in [0, 0.05) is 11.6 Å². The second kappa shape index (κ2) is 8.01. The Bertz CT molecular complexity index is 842. The highest BCUT2D eigenvalue weighted by molar-refractivity contribution is 5.96. The van der Waals surface area contributed by atoms with Gasteiger partial charge in [-0.2, -0.15) is 4.39 Å². The normalized spacial score (nSPS) is 11.3. The monoisotopic (exact) mass is 365 g/mol. The Morgan fingerprint density at radius 3 is 2.38 bits per heavy atom. The van der Waals surface area contributed by atoms with Crippen LogP contribution in [-0.4, -0.2) is 22.8 Å². The van der Waals surface area contributed by atoms with Crippen molar-refractivity contribution in [1.82, 2.24) is 10.9 Å². The molecule has 2 amide bonds. The van der Waals surface area contributed by atoms with Gasteiger partial charge in [-0.1, -0.05) is 0 Å². The minimum absolute atomic E-state index is 0.217. The molecule has 10 heteroatoms. The maximum absolute atomic E-state index is 13.3. The van der Waals surface area contributed by atoms with Gasteiger partial charge in [0.15, 0.2) is 6.10 Å². The molecule has 0 aliphatic carbocycles. The molecule has 0 unspecified atom stereocenters. The summed E-state index contributed by atoms with van der Waals surface area (Å²) in [5.41, 5.74) is 3.03. The molecule has 0 aliphatic heterocycles. The van der Waals surface area contributed by atoms with Crippen molar-refractivity contribution in [1.29, 1.82) is 0 Å². The van der Waals surface area contributed by atoms with Gasteiger partial charge in [0.05, 0.1) is 4.92 Å². The Morgan fingerprint density at radius 1 is 1.12 bits per heavy atom. The molecule has 26 heavy (non-hydrogen) atoms. The van der Waals surface area contributed by atoms with Crippen molar-refractivity contribution in [2.45, 2.75) is 13.0 Å². The zero-order valence-electron chi connectivity index (χ0n) is 13.4. The number of hydrogen-bond donors (Lipinski definition) is 2. The summed E-state index contributed by atoms with van der Waals surface area (Å²) in [5, 5.41) is 10.7. The van der Waals surface area contributed by atoms with Gasteiger partial charge in [-0.15, -0.1) is 0 Å². The Hall–Kier alpha value is -3.56. The number of rotatable bonds is 5. The molecular formula is C16H13F2N3O5. The van der Waals surface area contributed by atoms with Crippen molar-refractivity contribution >= 4 is 17.5 Å². The van der Waals surface area contributed by atoms with Crippen LogP contribution in [0.25, 0.3) is 0 Å². The summed E-state index contributed by atoms with van der Waals surface area (Å²) < 4.78 is 31.3. The van der Waals surface area contributed by atoms with Gasteiger partial charge in [-0.25, -0.2) is 4.39 Å². The van der Waals surface area contributed by atoms with Crippen LogP contribution in [0.15, 0.2) is 42.5 Å². The number of ether oxygens (including phenoxy) is 1. The largest absolute Gasteiger partial charge is 0.481 e. The van der Waals surface area contributed by atoms with Crippen LogP contribution in [0.3, 0.4) is 0 Å². The third-order valence-corrected chi connectivity index (χ3v) is 3.20. The van der Waals surface area contributed by atoms with E-state index in [1.807, 2.05) is 5.43 Å². The third-order valence-electron chi connectivity index (χ3n) is 3.20. The summed E-state index contributed by atoms with van der Waals surface area (Å²) in [5.74, 6) is -2.91. The molecule has 0 saturated heterocycles. The number of benzene rings is 2. The second-order valence-electron chi connectivity index (χ2n) is 5.08. The number of hydrogen-bond acceptors (Lipinski definition) is 5. The molecule has 0 aromatic heterocycles. The van der Waals surface area contributed by atoms with Gasteiger partial charge < -0.3 is 4.74 Å². The van der Waals surface area contributed by atoms with Crippen LogP contribution in [0.1, 0.15) is 17.3 Å². The number of carbonyl (C=O) groups excluding carboxylic acids is 2. The maximum atomic E-state index is 13.3. The summed E-state index contributed by atoms with van der Waals surface area (Å²) in [7, 11) is 0. The number of hydrazine groups is 1. The summed E-state index contributed by atoms with van der Waals surface area (Å²) in [4.78, 5) is 33.5. The van der Waals surface area contributed by atoms with Gasteiger partial charge in [0.25, 0.3) is 11.8 Å². The van der Waals surface area contributed by atoms with E-state index in [2.05, 4.69) is 5.43 Å². The number of halogens is 2. The lowest BCUT2D eigenvalue weighted by atomic mass is 10.2. The van der Waals surface area contributed by atoms with Gasteiger partial charge in [0.1, 0.15) is 11.6 Å². The van der Waals surface area contributed by atoms with E-state index in [9.17, 15) is 28.5 Å². The Labute approximate surface area is 145 Å². The highest BCUT2D eigenvalue weighted by atomic mass is 19.1. The predicted molar refractivity (Wildman–Crippen MR) is 85.2 cm³/mol. The fourth-order valence-electron chi connectivity index (χ4n) is 1.86. The fraction of sp³-hybridized carbons (Fsp3) is 0.125. The quantitative estimate of drug-likeness (QED) is 0.623. The van der Waals surface area contributed by atoms with Gasteiger partial charge in [-0.3, -0.25) is 30.6 Å². The molecule has 2 aromatic rings. The summed E-state index contributed by atoms with van der Waals surface area (Å²) in [6.45, 7) is 1.40. The van der Waals surface area contributed by atoms with E-state index in [0.717, 1.165) is 30.3 Å². The topological polar surface area (TPSA) is 111 Å². The zero-order chi connectivity index (χ0) is 19.3. The number of nitro benzene ring substituents is 1. The first kappa shape index (κ1) is 18.8. The molecular weight excluding hydrogens is 352 g/mol. The molecule has 136 valence electrons. The molecule has 1 atom stereocenters. The Kier molecular flexibility index (Phi) is 5.78. The highest BCUT2D eigenvalue weighted by Crippen LogP contribution is 2.18. The van der Waals surface area contributed by atoms with Crippen molar-refractivity contribution in [3.8, 4) is 5.75 Å². The second-order valence-corrected chi connectivity index (χ2v) is 5.08. The molecule has 0 radical (unpaired) electrons. The van der Waals surface area contributed by atoms with Crippen LogP contribution in [-0.2, 0) is 4.79 Å². The van der Waals surface area contributed by atoms with E-state index < -0.39 is 40.2 Å². The number of nitrogens with one attached hydrogen (secondary N) is 2. The summed E-state index contributed by atoms with van der Waals surface area (Å²) in [6.07, 6.45) is -1.02. The molecule has 0 heterocycles. The number of carbonyl (C=O) groups is 2. The van der Waals surface area contributed by atoms with Gasteiger partial charge in [-0.05, 0) is 43.3 Å². The van der Waals surface area contributed by atoms with Crippen LogP contribution in [0, 0.1) is 21.7 Å². The number of nitro groups is 1. The van der Waals surface area contributed by atoms with Crippen LogP contribution in [0.2, 0.25) is 0 Å². The zero-order valence-corrected chi connectivity index (χ0v) is 13.4. The van der Waals surface area contributed by atoms with E-state index >= 15 is 0 Å². The van der Waals surface area contributed by atoms with E-state index in [0.29, 0.717) is 0 Å². The Balaban J connectivity index is 1.93. The van der Waals surface area contributed by atoms with Gasteiger partial charge >= 0.3 is 5.69 Å². The molecule has 0 saturated carbocycles. The van der Waals surface area contributed by atoms with Crippen molar-refractivity contribution < 1.29 is 28.0 Å². The SMILES string of the molecule is C[C@H](Oc1ccc(F)cc1)C(=O)NNC(=O)c1ccc(F)c([N+](=O)[O-])c1. The van der Waals surface area contributed by atoms with Crippen LogP contribution in [0.5, 0.6) is 5.75 Å². The molecule has 0 fully saturated rings. The van der Waals surface area contributed by atoms with Crippen LogP contribution in [0.4, 0.5) is 14.5 Å². The molecule has 0 bridgehead atoms. The first-order valence-electron chi connectivity index (χ1n) is 7.24. The maximum Gasteiger partial charge on any atom is 0.305 e. The fourth-order valence-corrected chi connectivity index (χ4v) is 1.86. The average molecular weight is 365 g/mol. The molecule has 2 rings (SSSR count). The Morgan fingerprint density at radius 2 is 1.77 bits per heavy atom. The minimum Gasteiger partial charge on any atom is -0.481 e. The molecule has 2 aromatic carbocycles. The number of amides is 2. The van der Waals surface area contributed by atoms with E-state index in [-0.39, 0.29) is 11.3 Å². The predicted octanol–water partition coefficient (Wildman–Crippen LogP) is 2.10. The lowest BCUT2D eigenvalue weighted by Crippen LogP contribution is -2.47. The first-order valence-corrected chi connectivity index (χ1v) is 7.24.